The van der Waals surface area contributed by atoms with Crippen molar-refractivity contribution in [3.8, 4) is 5.75 Å². The average Bonchev–Trinajstić information content (AvgIpc) is 2.67. The second-order valence-corrected chi connectivity index (χ2v) is 8.80. The van der Waals surface area contributed by atoms with Crippen molar-refractivity contribution < 1.29 is 14.3 Å². The summed E-state index contributed by atoms with van der Waals surface area (Å²) in [5.74, 6) is 0.415. The number of ether oxygens (including phenoxy) is 2. The third kappa shape index (κ3) is 11.3. The zero-order valence-corrected chi connectivity index (χ0v) is 20.3. The predicted molar refractivity (Wildman–Crippen MR) is 124 cm³/mol. The van der Waals surface area contributed by atoms with Crippen molar-refractivity contribution in [3.05, 3.63) is 39.3 Å². The summed E-state index contributed by atoms with van der Waals surface area (Å²) in [7, 11) is 0. The molecule has 0 bridgehead atoms. The van der Waals surface area contributed by atoms with Crippen LogP contribution in [0.25, 0.3) is 0 Å². The van der Waals surface area contributed by atoms with Gasteiger partial charge in [-0.1, -0.05) is 87.2 Å². The first kappa shape index (κ1) is 25.2. The van der Waals surface area contributed by atoms with Gasteiger partial charge in [0.25, 0.3) is 0 Å². The molecule has 1 aromatic rings. The van der Waals surface area contributed by atoms with Crippen LogP contribution in [0.15, 0.2) is 33.7 Å². The summed E-state index contributed by atoms with van der Waals surface area (Å²) in [4.78, 5) is 11.1. The number of benzene rings is 1. The quantitative estimate of drug-likeness (QED) is 0.127. The molecule has 0 aliphatic heterocycles. The van der Waals surface area contributed by atoms with Gasteiger partial charge in [0.15, 0.2) is 0 Å². The van der Waals surface area contributed by atoms with Crippen molar-refractivity contribution >= 4 is 37.8 Å². The van der Waals surface area contributed by atoms with E-state index in [0.29, 0.717) is 6.61 Å². The van der Waals surface area contributed by atoms with Crippen molar-refractivity contribution in [2.45, 2.75) is 77.6 Å². The van der Waals surface area contributed by atoms with Crippen molar-refractivity contribution in [1.29, 1.82) is 0 Å². The Morgan fingerprint density at radius 2 is 1.57 bits per heavy atom. The maximum atomic E-state index is 11.1. The van der Waals surface area contributed by atoms with Gasteiger partial charge in [-0.25, -0.2) is 4.79 Å². The first-order valence-electron chi connectivity index (χ1n) is 10.5. The number of rotatable bonds is 16. The van der Waals surface area contributed by atoms with Gasteiger partial charge in [-0.15, -0.1) is 0 Å². The van der Waals surface area contributed by atoms with E-state index in [4.69, 9.17) is 9.47 Å². The van der Waals surface area contributed by atoms with Gasteiger partial charge in [-0.05, 0) is 46.5 Å². The molecule has 0 heterocycles. The van der Waals surface area contributed by atoms with Crippen LogP contribution in [0.2, 0.25) is 0 Å². The number of esters is 1. The summed E-state index contributed by atoms with van der Waals surface area (Å²) >= 11 is 7.14. The SMILES string of the molecule is C=CC(=O)OCCOc1c(Br)cc(Br)cc1CCCCCCCCCCCC. The Labute approximate surface area is 187 Å². The van der Waals surface area contributed by atoms with Crippen molar-refractivity contribution in [3.63, 3.8) is 0 Å². The standard InChI is InChI=1S/C23H34Br2O3/c1-3-5-6-7-8-9-10-11-12-13-14-19-17-20(24)18-21(25)23(19)28-16-15-27-22(26)4-2/h4,17-18H,2-3,5-16H2,1H3. The summed E-state index contributed by atoms with van der Waals surface area (Å²) in [6, 6.07) is 4.09. The molecule has 0 fully saturated rings. The van der Waals surface area contributed by atoms with Crippen LogP contribution in [0.3, 0.4) is 0 Å². The molecule has 5 heteroatoms. The average molecular weight is 518 g/mol. The van der Waals surface area contributed by atoms with Crippen LogP contribution in [0.4, 0.5) is 0 Å². The third-order valence-electron chi connectivity index (χ3n) is 4.63. The molecular formula is C23H34Br2O3. The monoisotopic (exact) mass is 516 g/mol. The summed E-state index contributed by atoms with van der Waals surface area (Å²) in [6.45, 7) is 6.18. The lowest BCUT2D eigenvalue weighted by Crippen LogP contribution is -2.11. The van der Waals surface area contributed by atoms with E-state index >= 15 is 0 Å². The minimum absolute atomic E-state index is 0.213. The van der Waals surface area contributed by atoms with Gasteiger partial charge in [-0.3, -0.25) is 0 Å². The van der Waals surface area contributed by atoms with Gasteiger partial charge in [0.1, 0.15) is 19.0 Å². The highest BCUT2D eigenvalue weighted by Gasteiger charge is 2.11. The van der Waals surface area contributed by atoms with Crippen LogP contribution < -0.4 is 4.74 Å². The number of carbonyl (C=O) groups excluding carboxylic acids is 1. The van der Waals surface area contributed by atoms with Gasteiger partial charge in [0.05, 0.1) is 4.47 Å². The molecule has 0 N–H and O–H groups in total. The Bertz CT molecular complexity index is 587. The smallest absolute Gasteiger partial charge is 0.330 e. The Balaban J connectivity index is 2.33. The van der Waals surface area contributed by atoms with Crippen LogP contribution in [0.1, 0.15) is 76.7 Å². The van der Waals surface area contributed by atoms with E-state index in [-0.39, 0.29) is 6.61 Å². The lowest BCUT2D eigenvalue weighted by molar-refractivity contribution is -0.138. The van der Waals surface area contributed by atoms with Crippen molar-refractivity contribution in [1.82, 2.24) is 0 Å². The van der Waals surface area contributed by atoms with Crippen LogP contribution >= 0.6 is 31.9 Å². The minimum atomic E-state index is -0.427. The van der Waals surface area contributed by atoms with E-state index in [9.17, 15) is 4.79 Å². The molecule has 0 radical (unpaired) electrons. The fraction of sp³-hybridized carbons (Fsp3) is 0.609. The molecular weight excluding hydrogens is 484 g/mol. The first-order valence-corrected chi connectivity index (χ1v) is 12.1. The van der Waals surface area contributed by atoms with Gasteiger partial charge < -0.3 is 9.47 Å². The number of unbranched alkanes of at least 4 members (excludes halogenated alkanes) is 9. The van der Waals surface area contributed by atoms with Crippen LogP contribution in [0.5, 0.6) is 5.75 Å². The number of carbonyl (C=O) groups is 1. The Hall–Kier alpha value is -0.810. The lowest BCUT2D eigenvalue weighted by Gasteiger charge is -2.14. The molecule has 3 nitrogen and oxygen atoms in total. The second kappa shape index (κ2) is 16.0. The summed E-state index contributed by atoms with van der Waals surface area (Å²) in [5.41, 5.74) is 1.18. The molecule has 0 spiro atoms. The van der Waals surface area contributed by atoms with Gasteiger partial charge in [0, 0.05) is 10.5 Å². The molecule has 0 saturated carbocycles. The maximum Gasteiger partial charge on any atom is 0.330 e. The highest BCUT2D eigenvalue weighted by atomic mass is 79.9. The maximum absolute atomic E-state index is 11.1. The highest BCUT2D eigenvalue weighted by molar-refractivity contribution is 9.11. The molecule has 0 saturated heterocycles. The Kier molecular flexibility index (Phi) is 14.4. The number of hydrogen-bond acceptors (Lipinski definition) is 3. The summed E-state index contributed by atoms with van der Waals surface area (Å²) in [6.07, 6.45) is 15.4. The summed E-state index contributed by atoms with van der Waals surface area (Å²) < 4.78 is 12.8. The second-order valence-electron chi connectivity index (χ2n) is 7.03. The van der Waals surface area contributed by atoms with Crippen molar-refractivity contribution in [2.75, 3.05) is 13.2 Å². The van der Waals surface area contributed by atoms with E-state index in [1.165, 1.54) is 63.4 Å². The van der Waals surface area contributed by atoms with Gasteiger partial charge in [0.2, 0.25) is 0 Å². The minimum Gasteiger partial charge on any atom is -0.489 e. The van der Waals surface area contributed by atoms with Crippen LogP contribution in [-0.2, 0) is 16.0 Å². The Morgan fingerprint density at radius 1 is 0.964 bits per heavy atom. The molecule has 158 valence electrons. The predicted octanol–water partition coefficient (Wildman–Crippen LogP) is 7.78. The van der Waals surface area contributed by atoms with E-state index < -0.39 is 5.97 Å². The normalized spacial score (nSPS) is 10.7. The molecule has 28 heavy (non-hydrogen) atoms. The zero-order valence-electron chi connectivity index (χ0n) is 17.1. The highest BCUT2D eigenvalue weighted by Crippen LogP contribution is 2.34. The van der Waals surface area contributed by atoms with E-state index in [1.54, 1.807) is 0 Å². The van der Waals surface area contributed by atoms with E-state index in [0.717, 1.165) is 33.6 Å². The fourth-order valence-corrected chi connectivity index (χ4v) is 4.54. The largest absolute Gasteiger partial charge is 0.489 e. The van der Waals surface area contributed by atoms with E-state index in [2.05, 4.69) is 51.4 Å². The van der Waals surface area contributed by atoms with Gasteiger partial charge >= 0.3 is 5.97 Å². The Morgan fingerprint density at radius 3 is 2.18 bits per heavy atom. The molecule has 0 aliphatic rings. The van der Waals surface area contributed by atoms with Gasteiger partial charge in [-0.2, -0.15) is 0 Å². The lowest BCUT2D eigenvalue weighted by atomic mass is 10.0. The molecule has 0 aliphatic carbocycles. The first-order chi connectivity index (χ1) is 13.6. The third-order valence-corrected chi connectivity index (χ3v) is 5.67. The van der Waals surface area contributed by atoms with E-state index in [1.807, 2.05) is 6.07 Å². The molecule has 1 aromatic carbocycles. The topological polar surface area (TPSA) is 35.5 Å². The van der Waals surface area contributed by atoms with Crippen molar-refractivity contribution in [2.24, 2.45) is 0 Å². The number of aryl methyl sites for hydroxylation is 1. The molecule has 1 rings (SSSR count). The van der Waals surface area contributed by atoms with Crippen LogP contribution in [-0.4, -0.2) is 19.2 Å². The number of halogens is 2. The molecule has 0 amide bonds. The zero-order chi connectivity index (χ0) is 20.6. The molecule has 0 aromatic heterocycles. The fourth-order valence-electron chi connectivity index (χ4n) is 3.11. The molecule has 0 unspecified atom stereocenters. The molecule has 0 atom stereocenters. The van der Waals surface area contributed by atoms with Crippen LogP contribution in [0, 0.1) is 0 Å². The summed E-state index contributed by atoms with van der Waals surface area (Å²) in [5, 5.41) is 0. The number of hydrogen-bond donors (Lipinski definition) is 0.